The molecule has 0 unspecified atom stereocenters. The minimum Gasteiger partial charge on any atom is -0.381 e. The Hall–Kier alpha value is -0.660. The lowest BCUT2D eigenvalue weighted by molar-refractivity contribution is 0.0541. The van der Waals surface area contributed by atoms with Crippen molar-refractivity contribution in [3.8, 4) is 0 Å². The van der Waals surface area contributed by atoms with Crippen LogP contribution in [0.2, 0.25) is 0 Å². The summed E-state index contributed by atoms with van der Waals surface area (Å²) in [5.41, 5.74) is 0. The number of tetrazole rings is 1. The standard InChI is InChI=1S/C15H26N4O2S/c1-2-4-6-14(5-3-1)21-11-12-22-15-16-17-18-19(15)13-7-9-20-10-8-13/h13-14H,1-12H2. The summed E-state index contributed by atoms with van der Waals surface area (Å²) in [4.78, 5) is 0. The molecule has 3 rings (SSSR count). The fourth-order valence-corrected chi connectivity index (χ4v) is 3.97. The summed E-state index contributed by atoms with van der Waals surface area (Å²) in [6, 6.07) is 0.383. The van der Waals surface area contributed by atoms with Crippen molar-refractivity contribution in [3.63, 3.8) is 0 Å². The van der Waals surface area contributed by atoms with Crippen molar-refractivity contribution >= 4 is 11.8 Å². The van der Waals surface area contributed by atoms with E-state index in [0.717, 1.165) is 43.6 Å². The third kappa shape index (κ3) is 4.67. The SMILES string of the molecule is C1CCCC(OCCSc2nnnn2C2CCOCC2)CC1. The largest absolute Gasteiger partial charge is 0.381 e. The van der Waals surface area contributed by atoms with Crippen LogP contribution in [0.1, 0.15) is 57.4 Å². The molecule has 1 aliphatic carbocycles. The summed E-state index contributed by atoms with van der Waals surface area (Å²) in [6.45, 7) is 2.40. The van der Waals surface area contributed by atoms with E-state index >= 15 is 0 Å². The lowest BCUT2D eigenvalue weighted by Gasteiger charge is -2.22. The Morgan fingerprint density at radius 1 is 1.09 bits per heavy atom. The van der Waals surface area contributed by atoms with Crippen LogP contribution in [0, 0.1) is 0 Å². The molecule has 22 heavy (non-hydrogen) atoms. The quantitative estimate of drug-likeness (QED) is 0.455. The van der Waals surface area contributed by atoms with Crippen molar-refractivity contribution in [3.05, 3.63) is 0 Å². The van der Waals surface area contributed by atoms with Gasteiger partial charge in [0.2, 0.25) is 5.16 Å². The molecule has 0 spiro atoms. The Balaban J connectivity index is 1.41. The average molecular weight is 326 g/mol. The van der Waals surface area contributed by atoms with Gasteiger partial charge < -0.3 is 9.47 Å². The molecule has 0 amide bonds. The maximum Gasteiger partial charge on any atom is 0.209 e. The van der Waals surface area contributed by atoms with E-state index in [2.05, 4.69) is 15.5 Å². The van der Waals surface area contributed by atoms with E-state index in [9.17, 15) is 0 Å². The van der Waals surface area contributed by atoms with Gasteiger partial charge in [0.25, 0.3) is 0 Å². The smallest absolute Gasteiger partial charge is 0.209 e. The van der Waals surface area contributed by atoms with Gasteiger partial charge in [0, 0.05) is 19.0 Å². The number of ether oxygens (including phenoxy) is 2. The van der Waals surface area contributed by atoms with Crippen LogP contribution in [0.5, 0.6) is 0 Å². The summed E-state index contributed by atoms with van der Waals surface area (Å²) < 4.78 is 13.4. The molecule has 6 nitrogen and oxygen atoms in total. The highest BCUT2D eigenvalue weighted by atomic mass is 32.2. The second kappa shape index (κ2) is 8.84. The van der Waals surface area contributed by atoms with Gasteiger partial charge >= 0.3 is 0 Å². The average Bonchev–Trinajstić information content (AvgIpc) is 2.87. The molecule has 2 aliphatic rings. The molecule has 0 N–H and O–H groups in total. The van der Waals surface area contributed by atoms with E-state index < -0.39 is 0 Å². The summed E-state index contributed by atoms with van der Waals surface area (Å²) in [5, 5.41) is 13.1. The van der Waals surface area contributed by atoms with Crippen LogP contribution >= 0.6 is 11.8 Å². The molecular formula is C15H26N4O2S. The number of thioether (sulfide) groups is 1. The third-order valence-corrected chi connectivity index (χ3v) is 5.37. The number of hydrogen-bond acceptors (Lipinski definition) is 6. The molecule has 1 aliphatic heterocycles. The van der Waals surface area contributed by atoms with Gasteiger partial charge in [-0.2, -0.15) is 0 Å². The van der Waals surface area contributed by atoms with Crippen molar-refractivity contribution in [1.29, 1.82) is 0 Å². The van der Waals surface area contributed by atoms with Crippen LogP contribution in [-0.4, -0.2) is 51.9 Å². The summed E-state index contributed by atoms with van der Waals surface area (Å²) in [6.07, 6.45) is 10.3. The number of rotatable bonds is 6. The van der Waals surface area contributed by atoms with Crippen LogP contribution in [0.15, 0.2) is 5.16 Å². The minimum atomic E-state index is 0.383. The zero-order valence-corrected chi connectivity index (χ0v) is 14.0. The minimum absolute atomic E-state index is 0.383. The van der Waals surface area contributed by atoms with Gasteiger partial charge in [-0.3, -0.25) is 0 Å². The molecule has 1 saturated carbocycles. The fraction of sp³-hybridized carbons (Fsp3) is 0.933. The molecule has 7 heteroatoms. The summed E-state index contributed by atoms with van der Waals surface area (Å²) >= 11 is 1.70. The van der Waals surface area contributed by atoms with Gasteiger partial charge in [-0.1, -0.05) is 37.4 Å². The second-order valence-electron chi connectivity index (χ2n) is 6.08. The molecule has 0 bridgehead atoms. The molecule has 0 atom stereocenters. The maximum atomic E-state index is 6.03. The van der Waals surface area contributed by atoms with Crippen molar-refractivity contribution in [1.82, 2.24) is 20.2 Å². The van der Waals surface area contributed by atoms with Crippen molar-refractivity contribution in [2.24, 2.45) is 0 Å². The molecule has 0 radical (unpaired) electrons. The highest BCUT2D eigenvalue weighted by molar-refractivity contribution is 7.99. The first-order valence-electron chi connectivity index (χ1n) is 8.53. The van der Waals surface area contributed by atoms with Gasteiger partial charge in [0.1, 0.15) is 0 Å². The highest BCUT2D eigenvalue weighted by Gasteiger charge is 2.20. The predicted molar refractivity (Wildman–Crippen MR) is 85.1 cm³/mol. The molecule has 1 saturated heterocycles. The lowest BCUT2D eigenvalue weighted by Crippen LogP contribution is -2.21. The summed E-state index contributed by atoms with van der Waals surface area (Å²) in [5.74, 6) is 0.917. The Morgan fingerprint density at radius 3 is 2.64 bits per heavy atom. The first kappa shape index (κ1) is 16.2. The van der Waals surface area contributed by atoms with E-state index in [1.807, 2.05) is 4.68 Å². The zero-order chi connectivity index (χ0) is 15.0. The van der Waals surface area contributed by atoms with Gasteiger partial charge in [0.15, 0.2) is 0 Å². The number of aromatic nitrogens is 4. The molecule has 124 valence electrons. The van der Waals surface area contributed by atoms with Crippen LogP contribution in [-0.2, 0) is 9.47 Å². The molecular weight excluding hydrogens is 300 g/mol. The third-order valence-electron chi connectivity index (χ3n) is 4.47. The molecule has 1 aromatic rings. The van der Waals surface area contributed by atoms with Crippen LogP contribution in [0.4, 0.5) is 0 Å². The topological polar surface area (TPSA) is 62.1 Å². The lowest BCUT2D eigenvalue weighted by atomic mass is 10.1. The van der Waals surface area contributed by atoms with Gasteiger partial charge in [-0.25, -0.2) is 4.68 Å². The fourth-order valence-electron chi connectivity index (χ4n) is 3.20. The Bertz CT molecular complexity index is 429. The maximum absolute atomic E-state index is 6.03. The molecule has 0 aromatic carbocycles. The van der Waals surface area contributed by atoms with E-state index in [1.54, 1.807) is 11.8 Å². The van der Waals surface area contributed by atoms with Crippen molar-refractivity contribution in [2.75, 3.05) is 25.6 Å². The van der Waals surface area contributed by atoms with Crippen LogP contribution < -0.4 is 0 Å². The van der Waals surface area contributed by atoms with E-state index in [0.29, 0.717) is 12.1 Å². The van der Waals surface area contributed by atoms with E-state index in [4.69, 9.17) is 9.47 Å². The Morgan fingerprint density at radius 2 is 1.86 bits per heavy atom. The highest BCUT2D eigenvalue weighted by Crippen LogP contribution is 2.25. The normalized spacial score (nSPS) is 21.8. The first-order chi connectivity index (χ1) is 10.9. The number of hydrogen-bond donors (Lipinski definition) is 0. The molecule has 1 aromatic heterocycles. The van der Waals surface area contributed by atoms with E-state index in [1.165, 1.54) is 38.5 Å². The Labute approximate surface area is 136 Å². The van der Waals surface area contributed by atoms with Gasteiger partial charge in [-0.15, -0.1) is 5.10 Å². The van der Waals surface area contributed by atoms with Crippen molar-refractivity contribution < 1.29 is 9.47 Å². The van der Waals surface area contributed by atoms with Crippen LogP contribution in [0.25, 0.3) is 0 Å². The number of nitrogens with zero attached hydrogens (tertiary/aromatic N) is 4. The van der Waals surface area contributed by atoms with Gasteiger partial charge in [0.05, 0.1) is 18.8 Å². The predicted octanol–water partition coefficient (Wildman–Crippen LogP) is 2.86. The monoisotopic (exact) mass is 326 g/mol. The second-order valence-corrected chi connectivity index (χ2v) is 7.14. The van der Waals surface area contributed by atoms with Crippen molar-refractivity contribution in [2.45, 2.75) is 68.7 Å². The Kier molecular flexibility index (Phi) is 6.51. The summed E-state index contributed by atoms with van der Waals surface area (Å²) in [7, 11) is 0. The molecule has 2 fully saturated rings. The first-order valence-corrected chi connectivity index (χ1v) is 9.52. The van der Waals surface area contributed by atoms with E-state index in [-0.39, 0.29) is 0 Å². The van der Waals surface area contributed by atoms with Gasteiger partial charge in [-0.05, 0) is 36.1 Å². The van der Waals surface area contributed by atoms with Crippen LogP contribution in [0.3, 0.4) is 0 Å². The zero-order valence-electron chi connectivity index (χ0n) is 13.2. The molecule has 2 heterocycles.